The van der Waals surface area contributed by atoms with Gasteiger partial charge in [0, 0.05) is 6.07 Å². The summed E-state index contributed by atoms with van der Waals surface area (Å²) in [5.41, 5.74) is 1.15. The Hall–Kier alpha value is -4.08. The molecule has 0 aliphatic rings. The number of ketones is 1. The molecule has 0 fully saturated rings. The number of ether oxygens (including phenoxy) is 2. The van der Waals surface area contributed by atoms with E-state index in [9.17, 15) is 19.7 Å². The van der Waals surface area contributed by atoms with E-state index in [1.165, 1.54) is 16.8 Å². The van der Waals surface area contributed by atoms with Crippen molar-refractivity contribution in [1.82, 2.24) is 15.0 Å². The van der Waals surface area contributed by atoms with Crippen molar-refractivity contribution in [2.24, 2.45) is 0 Å². The highest BCUT2D eigenvalue weighted by Gasteiger charge is 2.31. The standard InChI is InChI=1S/C22H22N4O6/c1-5-32-22(28)19-20(21(27)17-10-13(2)14(3)11-18(17)26(29)30)25(24-23-19)12-15-6-8-16(31-4)9-7-15/h6-11H,5,12H2,1-4H3. The highest BCUT2D eigenvalue weighted by molar-refractivity contribution is 6.14. The van der Waals surface area contributed by atoms with E-state index in [0.717, 1.165) is 5.56 Å². The number of esters is 1. The van der Waals surface area contributed by atoms with Crippen LogP contribution in [0.3, 0.4) is 0 Å². The van der Waals surface area contributed by atoms with Crippen LogP contribution in [-0.4, -0.2) is 45.4 Å². The molecule has 0 aliphatic heterocycles. The Kier molecular flexibility index (Phi) is 6.62. The van der Waals surface area contributed by atoms with Gasteiger partial charge >= 0.3 is 5.97 Å². The molecule has 166 valence electrons. The van der Waals surface area contributed by atoms with Gasteiger partial charge in [-0.15, -0.1) is 5.10 Å². The Morgan fingerprint density at radius 1 is 1.12 bits per heavy atom. The van der Waals surface area contributed by atoms with Gasteiger partial charge in [0.15, 0.2) is 0 Å². The quantitative estimate of drug-likeness (QED) is 0.227. The Labute approximate surface area is 183 Å². The van der Waals surface area contributed by atoms with E-state index in [4.69, 9.17) is 9.47 Å². The van der Waals surface area contributed by atoms with Crippen molar-refractivity contribution in [1.29, 1.82) is 0 Å². The number of rotatable bonds is 8. The van der Waals surface area contributed by atoms with Crippen molar-refractivity contribution in [2.75, 3.05) is 13.7 Å². The number of nitro groups is 1. The summed E-state index contributed by atoms with van der Waals surface area (Å²) in [7, 11) is 1.55. The van der Waals surface area contributed by atoms with Gasteiger partial charge < -0.3 is 9.47 Å². The molecule has 3 aromatic rings. The molecule has 0 aliphatic carbocycles. The van der Waals surface area contributed by atoms with Gasteiger partial charge in [-0.2, -0.15) is 0 Å². The fourth-order valence-corrected chi connectivity index (χ4v) is 3.15. The second-order valence-electron chi connectivity index (χ2n) is 7.05. The van der Waals surface area contributed by atoms with Crippen LogP contribution in [0.2, 0.25) is 0 Å². The molecule has 0 radical (unpaired) electrons. The lowest BCUT2D eigenvalue weighted by atomic mass is 9.98. The fraction of sp³-hybridized carbons (Fsp3) is 0.273. The highest BCUT2D eigenvalue weighted by Crippen LogP contribution is 2.27. The van der Waals surface area contributed by atoms with Gasteiger partial charge in [-0.05, 0) is 55.7 Å². The van der Waals surface area contributed by atoms with Crippen molar-refractivity contribution >= 4 is 17.4 Å². The maximum Gasteiger partial charge on any atom is 0.361 e. The minimum atomic E-state index is -0.830. The lowest BCUT2D eigenvalue weighted by Gasteiger charge is -2.10. The van der Waals surface area contributed by atoms with E-state index in [-0.39, 0.29) is 35.8 Å². The minimum Gasteiger partial charge on any atom is -0.497 e. The Balaban J connectivity index is 2.13. The second kappa shape index (κ2) is 9.38. The van der Waals surface area contributed by atoms with Gasteiger partial charge in [0.25, 0.3) is 5.69 Å². The molecule has 0 bridgehead atoms. The third-order valence-electron chi connectivity index (χ3n) is 4.96. The lowest BCUT2D eigenvalue weighted by Crippen LogP contribution is -2.18. The molecule has 0 atom stereocenters. The summed E-state index contributed by atoms with van der Waals surface area (Å²) < 4.78 is 11.4. The number of hydrogen-bond donors (Lipinski definition) is 0. The van der Waals surface area contributed by atoms with Crippen molar-refractivity contribution in [3.05, 3.63) is 80.2 Å². The molecule has 0 amide bonds. The summed E-state index contributed by atoms with van der Waals surface area (Å²) in [5.74, 6) is -0.911. The maximum absolute atomic E-state index is 13.5. The van der Waals surface area contributed by atoms with E-state index in [1.807, 2.05) is 0 Å². The van der Waals surface area contributed by atoms with E-state index < -0.39 is 16.7 Å². The number of carbonyl (C=O) groups excluding carboxylic acids is 2. The Morgan fingerprint density at radius 3 is 2.38 bits per heavy atom. The van der Waals surface area contributed by atoms with Crippen LogP contribution in [-0.2, 0) is 11.3 Å². The molecule has 10 heteroatoms. The van der Waals surface area contributed by atoms with Crippen molar-refractivity contribution < 1.29 is 24.0 Å². The zero-order valence-corrected chi connectivity index (χ0v) is 18.1. The zero-order chi connectivity index (χ0) is 23.4. The van der Waals surface area contributed by atoms with E-state index in [0.29, 0.717) is 16.9 Å². The van der Waals surface area contributed by atoms with Crippen LogP contribution in [0.5, 0.6) is 5.75 Å². The topological polar surface area (TPSA) is 126 Å². The average Bonchev–Trinajstić information content (AvgIpc) is 3.19. The summed E-state index contributed by atoms with van der Waals surface area (Å²) in [6.45, 7) is 5.26. The maximum atomic E-state index is 13.5. The van der Waals surface area contributed by atoms with Crippen LogP contribution in [0.15, 0.2) is 36.4 Å². The van der Waals surface area contributed by atoms with Crippen LogP contribution < -0.4 is 4.74 Å². The Bertz CT molecular complexity index is 1180. The smallest absolute Gasteiger partial charge is 0.361 e. The predicted molar refractivity (Wildman–Crippen MR) is 114 cm³/mol. The van der Waals surface area contributed by atoms with Gasteiger partial charge in [0.05, 0.1) is 25.2 Å². The molecule has 0 unspecified atom stereocenters. The normalized spacial score (nSPS) is 10.6. The van der Waals surface area contributed by atoms with E-state index in [1.54, 1.807) is 52.1 Å². The van der Waals surface area contributed by atoms with Crippen LogP contribution in [0, 0.1) is 24.0 Å². The second-order valence-corrected chi connectivity index (χ2v) is 7.05. The summed E-state index contributed by atoms with van der Waals surface area (Å²) in [6, 6.07) is 9.82. The predicted octanol–water partition coefficient (Wildman–Crippen LogP) is 3.27. The first-order valence-electron chi connectivity index (χ1n) is 9.80. The molecule has 0 saturated heterocycles. The van der Waals surface area contributed by atoms with Crippen LogP contribution in [0.25, 0.3) is 0 Å². The van der Waals surface area contributed by atoms with Crippen LogP contribution >= 0.6 is 0 Å². The third-order valence-corrected chi connectivity index (χ3v) is 4.96. The number of nitrogens with zero attached hydrogens (tertiary/aromatic N) is 4. The van der Waals surface area contributed by atoms with E-state index in [2.05, 4.69) is 10.3 Å². The van der Waals surface area contributed by atoms with Gasteiger partial charge in [0.2, 0.25) is 11.5 Å². The molecule has 0 spiro atoms. The molecule has 1 aromatic heterocycles. The molecular weight excluding hydrogens is 416 g/mol. The molecule has 0 N–H and O–H groups in total. The van der Waals surface area contributed by atoms with Gasteiger partial charge in [-0.25, -0.2) is 9.48 Å². The van der Waals surface area contributed by atoms with Gasteiger partial charge in [0.1, 0.15) is 17.0 Å². The lowest BCUT2D eigenvalue weighted by molar-refractivity contribution is -0.385. The first kappa shape index (κ1) is 22.6. The first-order chi connectivity index (χ1) is 15.3. The number of benzene rings is 2. The van der Waals surface area contributed by atoms with Crippen molar-refractivity contribution in [3.8, 4) is 5.75 Å². The SMILES string of the molecule is CCOC(=O)c1nnn(Cc2ccc(OC)cc2)c1C(=O)c1cc(C)c(C)cc1[N+](=O)[O-]. The van der Waals surface area contributed by atoms with Gasteiger partial charge in [-0.3, -0.25) is 14.9 Å². The average molecular weight is 438 g/mol. The minimum absolute atomic E-state index is 0.0710. The molecule has 32 heavy (non-hydrogen) atoms. The summed E-state index contributed by atoms with van der Waals surface area (Å²) in [5, 5.41) is 19.4. The third kappa shape index (κ3) is 4.48. The highest BCUT2D eigenvalue weighted by atomic mass is 16.6. The molecule has 1 heterocycles. The number of carbonyl (C=O) groups is 2. The molecule has 3 rings (SSSR count). The van der Waals surface area contributed by atoms with Crippen molar-refractivity contribution in [3.63, 3.8) is 0 Å². The summed E-state index contributed by atoms with van der Waals surface area (Å²) in [6.07, 6.45) is 0. The van der Waals surface area contributed by atoms with Crippen LogP contribution in [0.4, 0.5) is 5.69 Å². The number of aryl methyl sites for hydroxylation is 2. The fourth-order valence-electron chi connectivity index (χ4n) is 3.15. The summed E-state index contributed by atoms with van der Waals surface area (Å²) in [4.78, 5) is 37.0. The largest absolute Gasteiger partial charge is 0.497 e. The van der Waals surface area contributed by atoms with Gasteiger partial charge in [-0.1, -0.05) is 17.3 Å². The molecule has 10 nitrogen and oxygen atoms in total. The summed E-state index contributed by atoms with van der Waals surface area (Å²) >= 11 is 0. The van der Waals surface area contributed by atoms with Crippen molar-refractivity contribution in [2.45, 2.75) is 27.3 Å². The Morgan fingerprint density at radius 2 is 1.78 bits per heavy atom. The number of nitro benzene ring substituents is 1. The first-order valence-corrected chi connectivity index (χ1v) is 9.80. The zero-order valence-electron chi connectivity index (χ0n) is 18.1. The number of hydrogen-bond acceptors (Lipinski definition) is 8. The molecule has 0 saturated carbocycles. The monoisotopic (exact) mass is 438 g/mol. The number of methoxy groups -OCH3 is 1. The molecular formula is C22H22N4O6. The van der Waals surface area contributed by atoms with Crippen LogP contribution in [0.1, 0.15) is 50.2 Å². The number of aromatic nitrogens is 3. The molecule has 2 aromatic carbocycles. The van der Waals surface area contributed by atoms with E-state index >= 15 is 0 Å².